The SMILES string of the molecule is N#CNCC(O)C(F)F. The molecular weight excluding hydrogens is 130 g/mol. The van der Waals surface area contributed by atoms with Gasteiger partial charge in [-0.05, 0) is 0 Å². The molecule has 1 unspecified atom stereocenters. The van der Waals surface area contributed by atoms with Crippen LogP contribution in [0.3, 0.4) is 0 Å². The first kappa shape index (κ1) is 8.11. The average Bonchev–Trinajstić information content (AvgIpc) is 1.82. The van der Waals surface area contributed by atoms with Crippen LogP contribution in [-0.2, 0) is 0 Å². The van der Waals surface area contributed by atoms with Gasteiger partial charge in [-0.3, -0.25) is 0 Å². The Morgan fingerprint density at radius 2 is 2.22 bits per heavy atom. The maximum atomic E-state index is 11.4. The minimum atomic E-state index is -2.79. The number of halogens is 2. The molecule has 0 saturated heterocycles. The molecule has 0 heterocycles. The number of hydrogen-bond donors (Lipinski definition) is 2. The Bertz CT molecular complexity index is 112. The highest BCUT2D eigenvalue weighted by Gasteiger charge is 2.15. The lowest BCUT2D eigenvalue weighted by Gasteiger charge is -2.05. The molecule has 3 nitrogen and oxygen atoms in total. The summed E-state index contributed by atoms with van der Waals surface area (Å²) in [5.74, 6) is 0. The van der Waals surface area contributed by atoms with Gasteiger partial charge in [0.05, 0.1) is 6.54 Å². The number of alkyl halides is 2. The number of nitrogens with one attached hydrogen (secondary N) is 1. The molecule has 2 N–H and O–H groups in total. The van der Waals surface area contributed by atoms with Crippen molar-refractivity contribution in [2.24, 2.45) is 0 Å². The normalized spacial score (nSPS) is 12.8. The smallest absolute Gasteiger partial charge is 0.265 e. The van der Waals surface area contributed by atoms with E-state index in [9.17, 15) is 8.78 Å². The van der Waals surface area contributed by atoms with E-state index in [0.717, 1.165) is 0 Å². The molecule has 0 fully saturated rings. The van der Waals surface area contributed by atoms with E-state index >= 15 is 0 Å². The number of nitriles is 1. The topological polar surface area (TPSA) is 56.0 Å². The predicted octanol–water partition coefficient (Wildman–Crippen LogP) is -0.317. The molecule has 0 aromatic rings. The predicted molar refractivity (Wildman–Crippen MR) is 25.6 cm³/mol. The Labute approximate surface area is 50.9 Å². The Kier molecular flexibility index (Phi) is 3.64. The fourth-order valence-corrected chi connectivity index (χ4v) is 0.239. The van der Waals surface area contributed by atoms with Crippen molar-refractivity contribution in [1.29, 1.82) is 5.26 Å². The maximum Gasteiger partial charge on any atom is 0.265 e. The summed E-state index contributed by atoms with van der Waals surface area (Å²) in [7, 11) is 0. The summed E-state index contributed by atoms with van der Waals surface area (Å²) < 4.78 is 22.7. The molecule has 5 heteroatoms. The Morgan fingerprint density at radius 3 is 2.56 bits per heavy atom. The van der Waals surface area contributed by atoms with Crippen molar-refractivity contribution in [2.45, 2.75) is 12.5 Å². The van der Waals surface area contributed by atoms with Crippen molar-refractivity contribution in [3.63, 3.8) is 0 Å². The minimum absolute atomic E-state index is 0.395. The van der Waals surface area contributed by atoms with E-state index in [0.29, 0.717) is 0 Å². The third kappa shape index (κ3) is 3.67. The van der Waals surface area contributed by atoms with Crippen LogP contribution < -0.4 is 5.32 Å². The third-order valence-corrected chi connectivity index (χ3v) is 0.681. The van der Waals surface area contributed by atoms with Crippen molar-refractivity contribution in [2.75, 3.05) is 6.54 Å². The van der Waals surface area contributed by atoms with Crippen molar-refractivity contribution >= 4 is 0 Å². The lowest BCUT2D eigenvalue weighted by atomic mass is 10.4. The van der Waals surface area contributed by atoms with Crippen LogP contribution in [0.5, 0.6) is 0 Å². The van der Waals surface area contributed by atoms with Gasteiger partial charge < -0.3 is 10.4 Å². The summed E-state index contributed by atoms with van der Waals surface area (Å²) in [5.41, 5.74) is 0. The van der Waals surface area contributed by atoms with Gasteiger partial charge in [-0.25, -0.2) is 8.78 Å². The highest BCUT2D eigenvalue weighted by molar-refractivity contribution is 4.70. The van der Waals surface area contributed by atoms with Crippen molar-refractivity contribution in [3.8, 4) is 6.19 Å². The van der Waals surface area contributed by atoms with Crippen molar-refractivity contribution in [3.05, 3.63) is 0 Å². The highest BCUT2D eigenvalue weighted by atomic mass is 19.3. The summed E-state index contributed by atoms with van der Waals surface area (Å²) in [6, 6.07) is 0. The van der Waals surface area contributed by atoms with Gasteiger partial charge in [-0.1, -0.05) is 0 Å². The van der Waals surface area contributed by atoms with E-state index in [1.54, 1.807) is 0 Å². The van der Waals surface area contributed by atoms with Gasteiger partial charge in [-0.2, -0.15) is 5.26 Å². The third-order valence-electron chi connectivity index (χ3n) is 0.681. The fourth-order valence-electron chi connectivity index (χ4n) is 0.239. The second-order valence-electron chi connectivity index (χ2n) is 1.39. The van der Waals surface area contributed by atoms with Crippen LogP contribution in [0.4, 0.5) is 8.78 Å². The molecule has 0 aromatic carbocycles. The van der Waals surface area contributed by atoms with Crippen LogP contribution in [0, 0.1) is 11.5 Å². The molecule has 52 valence electrons. The van der Waals surface area contributed by atoms with Gasteiger partial charge in [0, 0.05) is 0 Å². The lowest BCUT2D eigenvalue weighted by Crippen LogP contribution is -2.29. The maximum absolute atomic E-state index is 11.4. The first-order valence-electron chi connectivity index (χ1n) is 2.26. The minimum Gasteiger partial charge on any atom is -0.385 e. The summed E-state index contributed by atoms with van der Waals surface area (Å²) >= 11 is 0. The zero-order valence-electron chi connectivity index (χ0n) is 4.51. The van der Waals surface area contributed by atoms with Gasteiger partial charge in [0.1, 0.15) is 6.10 Å². The Morgan fingerprint density at radius 1 is 1.67 bits per heavy atom. The number of rotatable bonds is 3. The molecule has 0 radical (unpaired) electrons. The van der Waals surface area contributed by atoms with Gasteiger partial charge in [0.25, 0.3) is 6.43 Å². The van der Waals surface area contributed by atoms with Gasteiger partial charge in [0.2, 0.25) is 0 Å². The van der Waals surface area contributed by atoms with E-state index < -0.39 is 19.1 Å². The van der Waals surface area contributed by atoms with Crippen LogP contribution >= 0.6 is 0 Å². The van der Waals surface area contributed by atoms with E-state index in [4.69, 9.17) is 10.4 Å². The molecule has 0 rings (SSSR count). The fraction of sp³-hybridized carbons (Fsp3) is 0.750. The molecule has 0 aliphatic heterocycles. The molecule has 1 atom stereocenters. The molecule has 0 aromatic heterocycles. The zero-order valence-corrected chi connectivity index (χ0v) is 4.51. The van der Waals surface area contributed by atoms with E-state index in [2.05, 4.69) is 0 Å². The molecule has 0 spiro atoms. The second kappa shape index (κ2) is 4.04. The van der Waals surface area contributed by atoms with Crippen LogP contribution in [0.15, 0.2) is 0 Å². The number of hydrogen-bond acceptors (Lipinski definition) is 3. The van der Waals surface area contributed by atoms with Gasteiger partial charge in [-0.15, -0.1) is 0 Å². The Hall–Kier alpha value is -0.890. The molecule has 0 aliphatic rings. The molecule has 0 bridgehead atoms. The molecule has 0 aliphatic carbocycles. The number of nitrogens with zero attached hydrogens (tertiary/aromatic N) is 1. The largest absolute Gasteiger partial charge is 0.385 e. The zero-order chi connectivity index (χ0) is 7.28. The van der Waals surface area contributed by atoms with E-state index in [1.807, 2.05) is 5.32 Å². The van der Waals surface area contributed by atoms with Gasteiger partial charge >= 0.3 is 0 Å². The van der Waals surface area contributed by atoms with Crippen LogP contribution in [-0.4, -0.2) is 24.2 Å². The number of aliphatic hydroxyl groups is 1. The van der Waals surface area contributed by atoms with Crippen molar-refractivity contribution < 1.29 is 13.9 Å². The summed E-state index contributed by atoms with van der Waals surface area (Å²) in [6.07, 6.45) is -3.12. The lowest BCUT2D eigenvalue weighted by molar-refractivity contribution is -0.00131. The van der Waals surface area contributed by atoms with Crippen LogP contribution in [0.25, 0.3) is 0 Å². The summed E-state index contributed by atoms with van der Waals surface area (Å²) in [4.78, 5) is 0. The quantitative estimate of drug-likeness (QED) is 0.413. The Balaban J connectivity index is 3.29. The molecule has 9 heavy (non-hydrogen) atoms. The highest BCUT2D eigenvalue weighted by Crippen LogP contribution is 1.97. The van der Waals surface area contributed by atoms with E-state index in [-0.39, 0.29) is 0 Å². The monoisotopic (exact) mass is 136 g/mol. The summed E-state index contributed by atoms with van der Waals surface area (Å²) in [5, 5.41) is 18.0. The second-order valence-corrected chi connectivity index (χ2v) is 1.39. The van der Waals surface area contributed by atoms with Crippen LogP contribution in [0.1, 0.15) is 0 Å². The standard InChI is InChI=1S/C4H6F2N2O/c5-4(6)3(9)1-8-2-7/h3-4,8-9H,1H2. The number of aliphatic hydroxyl groups excluding tert-OH is 1. The molecule has 0 saturated carbocycles. The van der Waals surface area contributed by atoms with E-state index in [1.165, 1.54) is 6.19 Å². The van der Waals surface area contributed by atoms with Gasteiger partial charge in [0.15, 0.2) is 6.19 Å². The van der Waals surface area contributed by atoms with Crippen LogP contribution in [0.2, 0.25) is 0 Å². The first-order valence-corrected chi connectivity index (χ1v) is 2.26. The van der Waals surface area contributed by atoms with Crippen molar-refractivity contribution in [1.82, 2.24) is 5.32 Å². The molecule has 0 amide bonds. The molecular formula is C4H6F2N2O. The summed E-state index contributed by atoms with van der Waals surface area (Å²) in [6.45, 7) is -0.395. The average molecular weight is 136 g/mol. The first-order chi connectivity index (χ1) is 4.18.